The molecule has 0 saturated carbocycles. The number of morpholine rings is 1. The molecule has 0 spiro atoms. The van der Waals surface area contributed by atoms with Crippen LogP contribution in [0.15, 0.2) is 42.5 Å². The Morgan fingerprint density at radius 1 is 1.04 bits per heavy atom. The third-order valence-corrected chi connectivity index (χ3v) is 4.76. The maximum absolute atomic E-state index is 12.4. The number of benzene rings is 2. The number of aryl methyl sites for hydroxylation is 1. The van der Waals surface area contributed by atoms with E-state index in [4.69, 9.17) is 4.74 Å². The van der Waals surface area contributed by atoms with Gasteiger partial charge in [-0.3, -0.25) is 9.59 Å². The van der Waals surface area contributed by atoms with Gasteiger partial charge in [-0.2, -0.15) is 0 Å². The van der Waals surface area contributed by atoms with Gasteiger partial charge in [0.25, 0.3) is 5.91 Å². The summed E-state index contributed by atoms with van der Waals surface area (Å²) in [6.45, 7) is 6.63. The molecule has 1 saturated heterocycles. The minimum Gasteiger partial charge on any atom is -0.378 e. The van der Waals surface area contributed by atoms with Crippen molar-refractivity contribution >= 4 is 23.2 Å². The van der Waals surface area contributed by atoms with E-state index >= 15 is 0 Å². The average Bonchev–Trinajstić information content (AvgIpc) is 2.70. The normalized spacial score (nSPS) is 13.9. The summed E-state index contributed by atoms with van der Waals surface area (Å²) >= 11 is 0. The fourth-order valence-corrected chi connectivity index (χ4v) is 2.97. The van der Waals surface area contributed by atoms with E-state index in [1.165, 1.54) is 5.56 Å². The zero-order valence-corrected chi connectivity index (χ0v) is 15.7. The summed E-state index contributed by atoms with van der Waals surface area (Å²) in [7, 11) is 0. The minimum absolute atomic E-state index is 0.00670. The molecule has 6 nitrogen and oxygen atoms in total. The van der Waals surface area contributed by atoms with E-state index < -0.39 is 0 Å². The Bertz CT molecular complexity index is 812. The predicted octanol–water partition coefficient (Wildman–Crippen LogP) is 2.83. The Morgan fingerprint density at radius 2 is 1.74 bits per heavy atom. The van der Waals surface area contributed by atoms with Crippen molar-refractivity contribution in [2.24, 2.45) is 0 Å². The topological polar surface area (TPSA) is 70.7 Å². The fraction of sp³-hybridized carbons (Fsp3) is 0.333. The number of hydrogen-bond acceptors (Lipinski definition) is 4. The van der Waals surface area contributed by atoms with Gasteiger partial charge in [-0.15, -0.1) is 0 Å². The number of nitrogens with zero attached hydrogens (tertiary/aromatic N) is 1. The van der Waals surface area contributed by atoms with E-state index in [9.17, 15) is 9.59 Å². The summed E-state index contributed by atoms with van der Waals surface area (Å²) in [5, 5.41) is 6.01. The molecule has 0 aliphatic carbocycles. The lowest BCUT2D eigenvalue weighted by Gasteiger charge is -2.26. The number of nitrogens with one attached hydrogen (secondary N) is 2. The summed E-state index contributed by atoms with van der Waals surface area (Å²) < 4.78 is 5.27. The van der Waals surface area contributed by atoms with Crippen molar-refractivity contribution in [3.8, 4) is 0 Å². The Balaban J connectivity index is 1.53. The van der Waals surface area contributed by atoms with Gasteiger partial charge in [0.15, 0.2) is 0 Å². The molecule has 1 fully saturated rings. The molecule has 2 aromatic rings. The molecule has 2 N–H and O–H groups in total. The van der Waals surface area contributed by atoms with Crippen LogP contribution in [0.3, 0.4) is 0 Å². The highest BCUT2D eigenvalue weighted by atomic mass is 16.5. The molecule has 142 valence electrons. The van der Waals surface area contributed by atoms with E-state index in [0.717, 1.165) is 11.3 Å². The predicted molar refractivity (Wildman–Crippen MR) is 106 cm³/mol. The summed E-state index contributed by atoms with van der Waals surface area (Å²) in [5.41, 5.74) is 4.55. The lowest BCUT2D eigenvalue weighted by Crippen LogP contribution is -2.40. The van der Waals surface area contributed by atoms with Crippen molar-refractivity contribution in [3.63, 3.8) is 0 Å². The van der Waals surface area contributed by atoms with Gasteiger partial charge < -0.3 is 20.3 Å². The van der Waals surface area contributed by atoms with Crippen LogP contribution in [-0.4, -0.2) is 49.6 Å². The van der Waals surface area contributed by atoms with Crippen molar-refractivity contribution in [3.05, 3.63) is 59.2 Å². The van der Waals surface area contributed by atoms with Crippen molar-refractivity contribution in [1.29, 1.82) is 0 Å². The summed E-state index contributed by atoms with van der Waals surface area (Å²) in [4.78, 5) is 26.4. The van der Waals surface area contributed by atoms with Gasteiger partial charge in [-0.05, 0) is 55.3 Å². The summed E-state index contributed by atoms with van der Waals surface area (Å²) in [6.07, 6.45) is 0. The molecule has 2 aromatic carbocycles. The van der Waals surface area contributed by atoms with E-state index in [1.54, 1.807) is 29.2 Å². The molecule has 3 rings (SSSR count). The largest absolute Gasteiger partial charge is 0.378 e. The molecule has 0 atom stereocenters. The number of carbonyl (C=O) groups is 2. The Labute approximate surface area is 159 Å². The van der Waals surface area contributed by atoms with Crippen LogP contribution in [-0.2, 0) is 9.53 Å². The number of rotatable bonds is 5. The Morgan fingerprint density at radius 3 is 2.44 bits per heavy atom. The second kappa shape index (κ2) is 8.68. The van der Waals surface area contributed by atoms with Crippen LogP contribution in [0.4, 0.5) is 11.4 Å². The highest BCUT2D eigenvalue weighted by Crippen LogP contribution is 2.18. The van der Waals surface area contributed by atoms with Crippen LogP contribution < -0.4 is 10.6 Å². The van der Waals surface area contributed by atoms with E-state index in [2.05, 4.69) is 10.6 Å². The maximum Gasteiger partial charge on any atom is 0.254 e. The third-order valence-electron chi connectivity index (χ3n) is 4.76. The second-order valence-electron chi connectivity index (χ2n) is 6.63. The molecule has 1 aliphatic heterocycles. The number of amides is 2. The van der Waals surface area contributed by atoms with E-state index in [-0.39, 0.29) is 18.4 Å². The third kappa shape index (κ3) is 4.86. The smallest absolute Gasteiger partial charge is 0.254 e. The van der Waals surface area contributed by atoms with Gasteiger partial charge in [0.2, 0.25) is 5.91 Å². The first-order valence-corrected chi connectivity index (χ1v) is 9.11. The van der Waals surface area contributed by atoms with Gasteiger partial charge in [0.05, 0.1) is 19.8 Å². The molecule has 1 aliphatic rings. The number of ether oxygens (including phenoxy) is 1. The van der Waals surface area contributed by atoms with Crippen molar-refractivity contribution in [2.75, 3.05) is 43.5 Å². The molecule has 2 amide bonds. The van der Waals surface area contributed by atoms with Crippen molar-refractivity contribution < 1.29 is 14.3 Å². The quantitative estimate of drug-likeness (QED) is 0.853. The Hall–Kier alpha value is -2.86. The fourth-order valence-electron chi connectivity index (χ4n) is 2.97. The van der Waals surface area contributed by atoms with Crippen LogP contribution in [0, 0.1) is 13.8 Å². The summed E-state index contributed by atoms with van der Waals surface area (Å²) in [6, 6.07) is 13.0. The van der Waals surface area contributed by atoms with Crippen LogP contribution in [0.2, 0.25) is 0 Å². The monoisotopic (exact) mass is 367 g/mol. The zero-order valence-electron chi connectivity index (χ0n) is 15.7. The molecule has 0 bridgehead atoms. The molecular formula is C21H25N3O3. The van der Waals surface area contributed by atoms with Crippen LogP contribution in [0.1, 0.15) is 21.5 Å². The van der Waals surface area contributed by atoms with Gasteiger partial charge in [-0.1, -0.05) is 12.1 Å². The van der Waals surface area contributed by atoms with Gasteiger partial charge in [0.1, 0.15) is 0 Å². The molecule has 1 heterocycles. The number of anilines is 2. The molecule has 0 unspecified atom stereocenters. The lowest BCUT2D eigenvalue weighted by atomic mass is 10.1. The van der Waals surface area contributed by atoms with Crippen LogP contribution in [0.25, 0.3) is 0 Å². The molecule has 0 aromatic heterocycles. The van der Waals surface area contributed by atoms with Crippen molar-refractivity contribution in [1.82, 2.24) is 4.90 Å². The minimum atomic E-state index is -0.136. The molecule has 27 heavy (non-hydrogen) atoms. The van der Waals surface area contributed by atoms with E-state index in [0.29, 0.717) is 37.6 Å². The van der Waals surface area contributed by atoms with Gasteiger partial charge in [0, 0.05) is 30.0 Å². The molecule has 0 radical (unpaired) electrons. The molecule has 6 heteroatoms. The average molecular weight is 367 g/mol. The SMILES string of the molecule is Cc1cccc(NCC(=O)Nc2ccc(C(=O)N3CCOCC3)cc2)c1C. The summed E-state index contributed by atoms with van der Waals surface area (Å²) in [5.74, 6) is -0.143. The van der Waals surface area contributed by atoms with Crippen molar-refractivity contribution in [2.45, 2.75) is 13.8 Å². The molecular weight excluding hydrogens is 342 g/mol. The number of carbonyl (C=O) groups excluding carboxylic acids is 2. The standard InChI is InChI=1S/C21H25N3O3/c1-15-4-3-5-19(16(15)2)22-14-20(25)23-18-8-6-17(7-9-18)21(26)24-10-12-27-13-11-24/h3-9,22H,10-14H2,1-2H3,(H,23,25). The first kappa shape index (κ1) is 18.9. The Kier molecular flexibility index (Phi) is 6.08. The first-order valence-electron chi connectivity index (χ1n) is 9.11. The lowest BCUT2D eigenvalue weighted by molar-refractivity contribution is -0.114. The highest BCUT2D eigenvalue weighted by molar-refractivity contribution is 5.96. The van der Waals surface area contributed by atoms with E-state index in [1.807, 2.05) is 32.0 Å². The highest BCUT2D eigenvalue weighted by Gasteiger charge is 2.18. The first-order chi connectivity index (χ1) is 13.0. The number of hydrogen-bond donors (Lipinski definition) is 2. The van der Waals surface area contributed by atoms with Gasteiger partial charge >= 0.3 is 0 Å². The van der Waals surface area contributed by atoms with Gasteiger partial charge in [-0.25, -0.2) is 0 Å². The second-order valence-corrected chi connectivity index (χ2v) is 6.63. The zero-order chi connectivity index (χ0) is 19.2. The maximum atomic E-state index is 12.4. The van der Waals surface area contributed by atoms with Crippen LogP contribution in [0.5, 0.6) is 0 Å². The van der Waals surface area contributed by atoms with Crippen LogP contribution >= 0.6 is 0 Å².